The van der Waals surface area contributed by atoms with Gasteiger partial charge < -0.3 is 15.7 Å². The molecule has 9 nitrogen and oxygen atoms in total. The zero-order chi connectivity index (χ0) is 22.5. The van der Waals surface area contributed by atoms with Crippen LogP contribution in [-0.2, 0) is 19.9 Å². The maximum Gasteiger partial charge on any atom is 0.323 e. The van der Waals surface area contributed by atoms with Gasteiger partial charge in [-0.15, -0.1) is 0 Å². The molecule has 0 saturated heterocycles. The van der Waals surface area contributed by atoms with Gasteiger partial charge in [-0.1, -0.05) is 23.7 Å². The van der Waals surface area contributed by atoms with Gasteiger partial charge in [-0.25, -0.2) is 26.4 Å². The molecule has 0 spiro atoms. The van der Waals surface area contributed by atoms with E-state index < -0.39 is 36.5 Å². The highest BCUT2D eigenvalue weighted by Crippen LogP contribution is 2.36. The molecule has 0 radical (unpaired) electrons. The highest BCUT2D eigenvalue weighted by atomic mass is 79.9. The number of nitrogens with one attached hydrogen (secondary N) is 3. The second-order valence-electron chi connectivity index (χ2n) is 6.21. The van der Waals surface area contributed by atoms with Crippen LogP contribution in [0.2, 0.25) is 5.02 Å². The van der Waals surface area contributed by atoms with Crippen LogP contribution in [0.25, 0.3) is 0 Å². The fourth-order valence-corrected chi connectivity index (χ4v) is 5.11. The SMILES string of the molecule is CS(=O)(=O)CCCNS(=O)(=O)c1c(Cl)ccc(NC(=O)Nc2ccccc2Br)c1O. The molecule has 0 aliphatic carbocycles. The van der Waals surface area contributed by atoms with Gasteiger partial charge in [0, 0.05) is 17.3 Å². The Balaban J connectivity index is 2.17. The molecule has 0 saturated carbocycles. The van der Waals surface area contributed by atoms with Gasteiger partial charge in [-0.05, 0) is 46.6 Å². The molecular formula is C17H19BrClN3O6S2. The number of sulfone groups is 1. The Morgan fingerprint density at radius 2 is 1.70 bits per heavy atom. The van der Waals surface area contributed by atoms with Gasteiger partial charge in [0.15, 0.2) is 5.75 Å². The molecule has 30 heavy (non-hydrogen) atoms. The van der Waals surface area contributed by atoms with E-state index in [0.717, 1.165) is 6.26 Å². The Bertz CT molecular complexity index is 1160. The Morgan fingerprint density at radius 3 is 2.33 bits per heavy atom. The Kier molecular flexibility index (Phi) is 8.11. The van der Waals surface area contributed by atoms with Crippen molar-refractivity contribution in [2.24, 2.45) is 0 Å². The van der Waals surface area contributed by atoms with Crippen molar-refractivity contribution in [3.05, 3.63) is 45.9 Å². The highest BCUT2D eigenvalue weighted by molar-refractivity contribution is 9.10. The van der Waals surface area contributed by atoms with E-state index >= 15 is 0 Å². The smallest absolute Gasteiger partial charge is 0.323 e. The van der Waals surface area contributed by atoms with Crippen molar-refractivity contribution >= 4 is 64.8 Å². The number of phenolic OH excluding ortho intramolecular Hbond substituents is 1. The van der Waals surface area contributed by atoms with E-state index in [-0.39, 0.29) is 29.4 Å². The Hall–Kier alpha value is -1.86. The first-order valence-electron chi connectivity index (χ1n) is 8.42. The monoisotopic (exact) mass is 539 g/mol. The first kappa shape index (κ1) is 24.4. The van der Waals surface area contributed by atoms with Crippen LogP contribution in [0.15, 0.2) is 45.8 Å². The van der Waals surface area contributed by atoms with Crippen molar-refractivity contribution in [2.75, 3.05) is 29.2 Å². The quantitative estimate of drug-likeness (QED) is 0.299. The number of rotatable bonds is 8. The first-order valence-corrected chi connectivity index (χ1v) is 13.1. The van der Waals surface area contributed by atoms with Crippen molar-refractivity contribution < 1.29 is 26.7 Å². The maximum atomic E-state index is 12.5. The van der Waals surface area contributed by atoms with E-state index in [9.17, 15) is 26.7 Å². The third kappa shape index (κ3) is 6.84. The first-order chi connectivity index (χ1) is 13.9. The minimum Gasteiger partial charge on any atom is -0.504 e. The van der Waals surface area contributed by atoms with Gasteiger partial charge in [0.05, 0.1) is 22.2 Å². The predicted octanol–water partition coefficient (Wildman–Crippen LogP) is 3.17. The molecule has 2 aromatic carbocycles. The number of phenols is 1. The van der Waals surface area contributed by atoms with Gasteiger partial charge >= 0.3 is 6.03 Å². The summed E-state index contributed by atoms with van der Waals surface area (Å²) < 4.78 is 50.2. The Labute approximate surface area is 187 Å². The van der Waals surface area contributed by atoms with Gasteiger partial charge in [0.1, 0.15) is 14.7 Å². The molecule has 0 aliphatic heterocycles. The third-order valence-electron chi connectivity index (χ3n) is 3.71. The van der Waals surface area contributed by atoms with Crippen molar-refractivity contribution in [2.45, 2.75) is 11.3 Å². The summed E-state index contributed by atoms with van der Waals surface area (Å²) in [5.74, 6) is -0.952. The number of hydrogen-bond acceptors (Lipinski definition) is 6. The molecule has 13 heteroatoms. The Morgan fingerprint density at radius 1 is 1.07 bits per heavy atom. The van der Waals surface area contributed by atoms with Crippen molar-refractivity contribution in [3.8, 4) is 5.75 Å². The third-order valence-corrected chi connectivity index (χ3v) is 7.39. The van der Waals surface area contributed by atoms with Crippen LogP contribution >= 0.6 is 27.5 Å². The van der Waals surface area contributed by atoms with Crippen LogP contribution in [0.4, 0.5) is 16.2 Å². The largest absolute Gasteiger partial charge is 0.504 e. The van der Waals surface area contributed by atoms with Gasteiger partial charge in [0.25, 0.3) is 0 Å². The normalized spacial score (nSPS) is 11.8. The molecule has 0 bridgehead atoms. The lowest BCUT2D eigenvalue weighted by Crippen LogP contribution is -2.27. The molecule has 2 amide bonds. The van der Waals surface area contributed by atoms with Crippen molar-refractivity contribution in [1.82, 2.24) is 4.72 Å². The summed E-state index contributed by atoms with van der Waals surface area (Å²) in [4.78, 5) is 11.6. The van der Waals surface area contributed by atoms with Gasteiger partial charge in [-0.3, -0.25) is 0 Å². The van der Waals surface area contributed by atoms with Gasteiger partial charge in [-0.2, -0.15) is 0 Å². The van der Waals surface area contributed by atoms with E-state index in [1.807, 2.05) is 0 Å². The number of hydrogen-bond donors (Lipinski definition) is 4. The summed E-state index contributed by atoms with van der Waals surface area (Å²) in [7, 11) is -7.51. The van der Waals surface area contributed by atoms with Gasteiger partial charge in [0.2, 0.25) is 10.0 Å². The minimum atomic E-state index is -4.27. The second kappa shape index (κ2) is 9.96. The number of amides is 2. The molecule has 0 aromatic heterocycles. The molecule has 0 unspecified atom stereocenters. The number of anilines is 2. The van der Waals surface area contributed by atoms with Crippen LogP contribution in [0.1, 0.15) is 6.42 Å². The van der Waals surface area contributed by atoms with Crippen LogP contribution in [0.3, 0.4) is 0 Å². The molecule has 164 valence electrons. The lowest BCUT2D eigenvalue weighted by Gasteiger charge is -2.14. The minimum absolute atomic E-state index is 0.0444. The average molecular weight is 541 g/mol. The fourth-order valence-electron chi connectivity index (χ4n) is 2.35. The van der Waals surface area contributed by atoms with Crippen molar-refractivity contribution in [1.29, 1.82) is 0 Å². The lowest BCUT2D eigenvalue weighted by molar-refractivity contribution is 0.262. The molecule has 2 rings (SSSR count). The number of para-hydroxylation sites is 1. The number of halogens is 2. The maximum absolute atomic E-state index is 12.5. The number of sulfonamides is 1. The van der Waals surface area contributed by atoms with E-state index in [0.29, 0.717) is 10.2 Å². The van der Waals surface area contributed by atoms with Crippen LogP contribution in [-0.4, -0.2) is 46.5 Å². The molecule has 0 heterocycles. The molecule has 4 N–H and O–H groups in total. The van der Waals surface area contributed by atoms with Crippen molar-refractivity contribution in [3.63, 3.8) is 0 Å². The highest BCUT2D eigenvalue weighted by Gasteiger charge is 2.25. The van der Waals surface area contributed by atoms with Crippen LogP contribution in [0, 0.1) is 0 Å². The van der Waals surface area contributed by atoms with E-state index in [2.05, 4.69) is 31.3 Å². The molecule has 0 aliphatic rings. The molecular weight excluding hydrogens is 522 g/mol. The zero-order valence-electron chi connectivity index (χ0n) is 15.6. The molecule has 0 fully saturated rings. The topological polar surface area (TPSA) is 142 Å². The van der Waals surface area contributed by atoms with E-state index in [4.69, 9.17) is 11.6 Å². The number of carbonyl (C=O) groups excluding carboxylic acids is 1. The summed E-state index contributed by atoms with van der Waals surface area (Å²) in [6, 6.07) is 8.57. The summed E-state index contributed by atoms with van der Waals surface area (Å²) in [6.45, 7) is -0.175. The second-order valence-corrected chi connectivity index (χ2v) is 11.4. The number of urea groups is 1. The summed E-state index contributed by atoms with van der Waals surface area (Å²) in [5, 5.41) is 15.1. The summed E-state index contributed by atoms with van der Waals surface area (Å²) >= 11 is 9.23. The summed E-state index contributed by atoms with van der Waals surface area (Å²) in [6.07, 6.45) is 1.08. The molecule has 2 aromatic rings. The molecule has 0 atom stereocenters. The lowest BCUT2D eigenvalue weighted by atomic mass is 10.3. The number of aromatic hydroxyl groups is 1. The van der Waals surface area contributed by atoms with E-state index in [1.165, 1.54) is 12.1 Å². The summed E-state index contributed by atoms with van der Waals surface area (Å²) in [5.41, 5.74) is 0.282. The van der Waals surface area contributed by atoms with E-state index in [1.54, 1.807) is 24.3 Å². The average Bonchev–Trinajstić information content (AvgIpc) is 2.62. The fraction of sp³-hybridized carbons (Fsp3) is 0.235. The zero-order valence-corrected chi connectivity index (χ0v) is 19.6. The van der Waals surface area contributed by atoms with Crippen LogP contribution in [0.5, 0.6) is 5.75 Å². The van der Waals surface area contributed by atoms with Crippen LogP contribution < -0.4 is 15.4 Å². The predicted molar refractivity (Wildman–Crippen MR) is 119 cm³/mol. The number of benzene rings is 2. The standard InChI is InChI=1S/C17H19BrClN3O6S2/c1-29(25,26)10-4-9-20-30(27,28)16-12(19)7-8-14(15(16)23)22-17(24)21-13-6-3-2-5-11(13)18/h2-3,5-8,20,23H,4,9-10H2,1H3,(H2,21,22,24). The number of carbonyl (C=O) groups is 1.